The van der Waals surface area contributed by atoms with E-state index in [2.05, 4.69) is 9.97 Å². The maximum absolute atomic E-state index is 10.7. The minimum absolute atomic E-state index is 0.0423. The van der Waals surface area contributed by atoms with Crippen LogP contribution in [0.3, 0.4) is 0 Å². The minimum Gasteiger partial charge on any atom is -0.438 e. The number of nitrogens with zero attached hydrogens (tertiary/aromatic N) is 3. The van der Waals surface area contributed by atoms with Crippen molar-refractivity contribution in [3.05, 3.63) is 45.8 Å². The minimum atomic E-state index is -0.480. The lowest BCUT2D eigenvalue weighted by atomic mass is 10.2. The molecule has 0 unspecified atom stereocenters. The number of ether oxygens (including phenoxy) is 1. The molecule has 1 aromatic carbocycles. The molecule has 0 saturated carbocycles. The lowest BCUT2D eigenvalue weighted by Crippen LogP contribution is -1.99. The molecular weight excluding hydrogens is 248 g/mol. The highest BCUT2D eigenvalue weighted by Crippen LogP contribution is 2.28. The number of nitro benzene ring substituents is 1. The van der Waals surface area contributed by atoms with Crippen molar-refractivity contribution < 1.29 is 9.66 Å². The predicted octanol–water partition coefficient (Wildman–Crippen LogP) is 2.38. The molecule has 0 aliphatic carbocycles. The van der Waals surface area contributed by atoms with E-state index in [0.29, 0.717) is 11.6 Å². The van der Waals surface area contributed by atoms with Gasteiger partial charge >= 0.3 is 0 Å². The van der Waals surface area contributed by atoms with Gasteiger partial charge in [-0.25, -0.2) is 4.98 Å². The monoisotopic (exact) mass is 260 g/mol. The molecule has 0 saturated heterocycles. The molecule has 0 amide bonds. The van der Waals surface area contributed by atoms with Gasteiger partial charge < -0.3 is 10.5 Å². The van der Waals surface area contributed by atoms with Crippen LogP contribution in [-0.4, -0.2) is 14.9 Å². The molecule has 2 rings (SSSR count). The number of nitro groups is 1. The van der Waals surface area contributed by atoms with Gasteiger partial charge in [-0.1, -0.05) is 0 Å². The number of hydrogen-bond donors (Lipinski definition) is 1. The van der Waals surface area contributed by atoms with Gasteiger partial charge in [-0.05, 0) is 25.5 Å². The Hall–Kier alpha value is -2.70. The van der Waals surface area contributed by atoms with Crippen LogP contribution in [0.4, 0.5) is 11.5 Å². The van der Waals surface area contributed by atoms with E-state index in [1.807, 2.05) is 0 Å². The summed E-state index contributed by atoms with van der Waals surface area (Å²) in [5.41, 5.74) is 6.31. The molecule has 0 spiro atoms. The van der Waals surface area contributed by atoms with E-state index >= 15 is 0 Å². The van der Waals surface area contributed by atoms with Crippen molar-refractivity contribution in [1.29, 1.82) is 0 Å². The van der Waals surface area contributed by atoms with Crippen molar-refractivity contribution in [3.8, 4) is 11.6 Å². The average molecular weight is 260 g/mol. The first-order chi connectivity index (χ1) is 8.95. The highest BCUT2D eigenvalue weighted by atomic mass is 16.6. The van der Waals surface area contributed by atoms with Gasteiger partial charge in [-0.15, -0.1) is 0 Å². The summed E-state index contributed by atoms with van der Waals surface area (Å²) in [7, 11) is 0. The second-order valence-electron chi connectivity index (χ2n) is 3.99. The van der Waals surface area contributed by atoms with Gasteiger partial charge in [-0.3, -0.25) is 10.1 Å². The van der Waals surface area contributed by atoms with Gasteiger partial charge in [0.05, 0.1) is 11.0 Å². The van der Waals surface area contributed by atoms with Crippen LogP contribution >= 0.6 is 0 Å². The molecule has 0 fully saturated rings. The number of benzene rings is 1. The molecule has 7 nitrogen and oxygen atoms in total. The van der Waals surface area contributed by atoms with Crippen LogP contribution in [-0.2, 0) is 0 Å². The second-order valence-corrected chi connectivity index (χ2v) is 3.99. The van der Waals surface area contributed by atoms with E-state index in [1.54, 1.807) is 19.9 Å². The zero-order valence-corrected chi connectivity index (χ0v) is 10.5. The van der Waals surface area contributed by atoms with Crippen LogP contribution < -0.4 is 10.5 Å². The topological polar surface area (TPSA) is 104 Å². The number of non-ortho nitro benzene ring substituents is 1. The van der Waals surface area contributed by atoms with Crippen molar-refractivity contribution >= 4 is 11.5 Å². The number of nitrogen functional groups attached to an aromatic ring is 1. The largest absolute Gasteiger partial charge is 0.438 e. The van der Waals surface area contributed by atoms with Crippen molar-refractivity contribution in [2.75, 3.05) is 5.73 Å². The number of hydrogen-bond acceptors (Lipinski definition) is 6. The Kier molecular flexibility index (Phi) is 3.28. The van der Waals surface area contributed by atoms with Gasteiger partial charge in [-0.2, -0.15) is 4.98 Å². The predicted molar refractivity (Wildman–Crippen MR) is 69.1 cm³/mol. The Morgan fingerprint density at radius 1 is 1.26 bits per heavy atom. The average Bonchev–Trinajstić information content (AvgIpc) is 2.30. The molecule has 19 heavy (non-hydrogen) atoms. The zero-order valence-electron chi connectivity index (χ0n) is 10.5. The number of aryl methyl sites for hydroxylation is 2. The van der Waals surface area contributed by atoms with Gasteiger partial charge in [0.2, 0.25) is 5.88 Å². The maximum atomic E-state index is 10.7. The molecule has 2 N–H and O–H groups in total. The normalized spacial score (nSPS) is 10.2. The molecule has 98 valence electrons. The summed E-state index contributed by atoms with van der Waals surface area (Å²) in [4.78, 5) is 18.2. The summed E-state index contributed by atoms with van der Waals surface area (Å²) in [6.07, 6.45) is 0. The zero-order chi connectivity index (χ0) is 14.0. The molecule has 0 aliphatic rings. The SMILES string of the molecule is Cc1nc(N)cc(Oc2cc([N+](=O)[O-])ccc2C)n1. The fourth-order valence-electron chi connectivity index (χ4n) is 1.54. The highest BCUT2D eigenvalue weighted by molar-refractivity contribution is 5.45. The lowest BCUT2D eigenvalue weighted by molar-refractivity contribution is -0.384. The van der Waals surface area contributed by atoms with Crippen LogP contribution in [0.5, 0.6) is 11.6 Å². The highest BCUT2D eigenvalue weighted by Gasteiger charge is 2.11. The Balaban J connectivity index is 2.37. The van der Waals surface area contributed by atoms with Crippen LogP contribution in [0.15, 0.2) is 24.3 Å². The van der Waals surface area contributed by atoms with Crippen LogP contribution in [0.25, 0.3) is 0 Å². The summed E-state index contributed by atoms with van der Waals surface area (Å²) in [6, 6.07) is 5.85. The second kappa shape index (κ2) is 4.89. The summed E-state index contributed by atoms with van der Waals surface area (Å²) in [5, 5.41) is 10.7. The van der Waals surface area contributed by atoms with E-state index in [-0.39, 0.29) is 17.4 Å². The van der Waals surface area contributed by atoms with E-state index < -0.39 is 4.92 Å². The quantitative estimate of drug-likeness (QED) is 0.671. The number of anilines is 1. The number of aromatic nitrogens is 2. The lowest BCUT2D eigenvalue weighted by Gasteiger charge is -2.08. The molecule has 7 heteroatoms. The van der Waals surface area contributed by atoms with Crippen LogP contribution in [0.1, 0.15) is 11.4 Å². The summed E-state index contributed by atoms with van der Waals surface area (Å²) < 4.78 is 5.53. The van der Waals surface area contributed by atoms with E-state index in [1.165, 1.54) is 18.2 Å². The molecule has 2 aromatic rings. The Labute approximate surface area is 109 Å². The van der Waals surface area contributed by atoms with E-state index in [0.717, 1.165) is 5.56 Å². The molecule has 1 heterocycles. The molecule has 0 radical (unpaired) electrons. The van der Waals surface area contributed by atoms with Crippen molar-refractivity contribution in [3.63, 3.8) is 0 Å². The molecule has 0 bridgehead atoms. The Morgan fingerprint density at radius 3 is 2.63 bits per heavy atom. The summed E-state index contributed by atoms with van der Waals surface area (Å²) in [5.74, 6) is 1.38. The van der Waals surface area contributed by atoms with Gasteiger partial charge in [0.1, 0.15) is 17.4 Å². The Bertz CT molecular complexity index is 623. The van der Waals surface area contributed by atoms with Gasteiger partial charge in [0.15, 0.2) is 0 Å². The van der Waals surface area contributed by atoms with Gasteiger partial charge in [0, 0.05) is 12.1 Å². The summed E-state index contributed by atoms with van der Waals surface area (Å²) >= 11 is 0. The van der Waals surface area contributed by atoms with Crippen LogP contribution in [0.2, 0.25) is 0 Å². The Morgan fingerprint density at radius 2 is 2.00 bits per heavy atom. The maximum Gasteiger partial charge on any atom is 0.273 e. The first-order valence-electron chi connectivity index (χ1n) is 5.50. The van der Waals surface area contributed by atoms with Crippen molar-refractivity contribution in [2.24, 2.45) is 0 Å². The molecule has 0 aliphatic heterocycles. The van der Waals surface area contributed by atoms with E-state index in [4.69, 9.17) is 10.5 Å². The van der Waals surface area contributed by atoms with E-state index in [9.17, 15) is 10.1 Å². The van der Waals surface area contributed by atoms with Crippen LogP contribution in [0, 0.1) is 24.0 Å². The molecular formula is C12H12N4O3. The number of rotatable bonds is 3. The third-order valence-electron chi connectivity index (χ3n) is 2.43. The first kappa shape index (κ1) is 12.7. The van der Waals surface area contributed by atoms with Crippen molar-refractivity contribution in [1.82, 2.24) is 9.97 Å². The standard InChI is InChI=1S/C12H12N4O3/c1-7-3-4-9(16(17)18)5-10(7)19-12-6-11(13)14-8(2)15-12/h3-6H,1-2H3,(H2,13,14,15). The summed E-state index contributed by atoms with van der Waals surface area (Å²) in [6.45, 7) is 3.47. The smallest absolute Gasteiger partial charge is 0.273 e. The molecule has 0 atom stereocenters. The third kappa shape index (κ3) is 2.95. The third-order valence-corrected chi connectivity index (χ3v) is 2.43. The number of nitrogens with two attached hydrogens (primary N) is 1. The fraction of sp³-hybridized carbons (Fsp3) is 0.167. The molecule has 1 aromatic heterocycles. The fourth-order valence-corrected chi connectivity index (χ4v) is 1.54. The van der Waals surface area contributed by atoms with Crippen molar-refractivity contribution in [2.45, 2.75) is 13.8 Å². The van der Waals surface area contributed by atoms with Gasteiger partial charge in [0.25, 0.3) is 5.69 Å². The first-order valence-corrected chi connectivity index (χ1v) is 5.50.